The summed E-state index contributed by atoms with van der Waals surface area (Å²) in [5.74, 6) is 0. The molecule has 0 saturated carbocycles. The maximum absolute atomic E-state index is 3.36. The van der Waals surface area contributed by atoms with E-state index >= 15 is 0 Å². The minimum Gasteiger partial charge on any atom is -0.0616 e. The summed E-state index contributed by atoms with van der Waals surface area (Å²) in [4.78, 5) is 0. The van der Waals surface area contributed by atoms with Crippen molar-refractivity contribution in [1.29, 1.82) is 0 Å². The molecule has 0 aliphatic heterocycles. The highest BCUT2D eigenvalue weighted by Gasteiger charge is 1.95. The average molecular weight is 1360 g/mol. The first-order valence-corrected chi connectivity index (χ1v) is 22.5. The van der Waals surface area contributed by atoms with Crippen LogP contribution >= 0.6 is 136 Å². The highest BCUT2D eigenvalue weighted by atomic mass is 127. The number of fused-ring (bicyclic) bond motifs is 12. The molecular formula is C48H18I6. The second kappa shape index (κ2) is 18.3. The van der Waals surface area contributed by atoms with E-state index in [2.05, 4.69) is 281 Å². The molecule has 7 rings (SSSR count). The van der Waals surface area contributed by atoms with Gasteiger partial charge in [0.1, 0.15) is 0 Å². The van der Waals surface area contributed by atoms with Crippen LogP contribution in [-0.2, 0) is 0 Å². The Hall–Kier alpha value is -2.94. The predicted molar refractivity (Wildman–Crippen MR) is 273 cm³/mol. The molecule has 12 bridgehead atoms. The Morgan fingerprint density at radius 2 is 0.259 bits per heavy atom. The van der Waals surface area contributed by atoms with Gasteiger partial charge in [-0.3, -0.25) is 0 Å². The smallest absolute Gasteiger partial charge is 0.0271 e. The SMILES string of the molecule is Ic1cc2c#cc3cc(I)cc(c#cc4cc(I)cc(c#cc5cc(I)cc(c#cc6cc(I)cc(c#cc7cc(I)cc(c#cc(c1)c2)c7)c6)c5)c4)c3. The van der Waals surface area contributed by atoms with E-state index in [0.717, 1.165) is 86.1 Å². The summed E-state index contributed by atoms with van der Waals surface area (Å²) in [7, 11) is 0. The van der Waals surface area contributed by atoms with Crippen LogP contribution in [0.15, 0.2) is 109 Å². The Kier molecular flexibility index (Phi) is 13.3. The summed E-state index contributed by atoms with van der Waals surface area (Å²) < 4.78 is 6.44. The van der Waals surface area contributed by atoms with E-state index < -0.39 is 0 Å². The maximum atomic E-state index is 3.36. The van der Waals surface area contributed by atoms with Crippen molar-refractivity contribution in [2.45, 2.75) is 0 Å². The zero-order chi connectivity index (χ0) is 37.6. The Morgan fingerprint density at radius 3 is 0.352 bits per heavy atom. The molecule has 54 heavy (non-hydrogen) atoms. The van der Waals surface area contributed by atoms with Gasteiger partial charge in [0.25, 0.3) is 0 Å². The number of hydrogen-bond acceptors (Lipinski definition) is 0. The topological polar surface area (TPSA) is 0 Å². The first-order chi connectivity index (χ1) is 26.1. The standard InChI is InChI=1S/C48H18I6/c49-43-19-31-1-2-32-14-34(22-44(50)20-32)5-6-36-16-38(26-46(52)24-36)9-10-40-18-42(30-48(54)28-40)12-11-41-17-39(27-47(53)29-41)8-7-37-15-35(23-45(51)25-37)4-3-33(13-31)21-43/h13-30H. The third kappa shape index (κ3) is 11.5. The lowest BCUT2D eigenvalue weighted by Gasteiger charge is -1.92. The summed E-state index contributed by atoms with van der Waals surface area (Å²) in [5.41, 5.74) is 0. The van der Waals surface area contributed by atoms with Gasteiger partial charge in [-0.2, -0.15) is 0 Å². The molecule has 0 aliphatic carbocycles. The Bertz CT molecular complexity index is 2230. The average Bonchev–Trinajstić information content (AvgIpc) is 3.12. The van der Waals surface area contributed by atoms with Gasteiger partial charge >= 0.3 is 0 Å². The van der Waals surface area contributed by atoms with E-state index in [1.54, 1.807) is 0 Å². The van der Waals surface area contributed by atoms with Crippen LogP contribution < -0.4 is 0 Å². The maximum Gasteiger partial charge on any atom is 0.0271 e. The number of halogens is 6. The molecule has 0 amide bonds. The van der Waals surface area contributed by atoms with E-state index in [-0.39, 0.29) is 0 Å². The highest BCUT2D eigenvalue weighted by Crippen LogP contribution is 2.17. The van der Waals surface area contributed by atoms with Gasteiger partial charge in [-0.05, 0) is 245 Å². The third-order valence-corrected chi connectivity index (χ3v) is 11.2. The molecule has 0 unspecified atom stereocenters. The molecule has 0 atom stereocenters. The zero-order valence-corrected chi connectivity index (χ0v) is 40.6. The van der Waals surface area contributed by atoms with Crippen LogP contribution in [0.5, 0.6) is 0 Å². The van der Waals surface area contributed by atoms with E-state index in [1.807, 2.05) is 36.4 Å². The summed E-state index contributed by atoms with van der Waals surface area (Å²) in [6.45, 7) is 0. The molecule has 0 radical (unpaired) electrons. The van der Waals surface area contributed by atoms with Gasteiger partial charge in [-0.25, -0.2) is 0 Å². The van der Waals surface area contributed by atoms with Crippen molar-refractivity contribution in [1.82, 2.24) is 0 Å². The van der Waals surface area contributed by atoms with Gasteiger partial charge in [0.2, 0.25) is 0 Å². The van der Waals surface area contributed by atoms with E-state index in [4.69, 9.17) is 0 Å². The van der Waals surface area contributed by atoms with Crippen molar-refractivity contribution in [3.05, 3.63) is 203 Å². The van der Waals surface area contributed by atoms with Crippen LogP contribution in [0, 0.1) is 94.2 Å². The largest absolute Gasteiger partial charge is 0.0616 e. The Balaban J connectivity index is 1.47. The molecule has 6 heteroatoms. The summed E-state index contributed by atoms with van der Waals surface area (Å²) in [6.07, 6.45) is 0. The molecule has 0 N–H and O–H groups in total. The lowest BCUT2D eigenvalue weighted by Crippen LogP contribution is -1.72. The Morgan fingerprint density at radius 1 is 0.167 bits per heavy atom. The second-order valence-electron chi connectivity index (χ2n) is 11.9. The summed E-state index contributed by atoms with van der Waals surface area (Å²) in [6, 6.07) is 77.5. The molecule has 0 aliphatic rings. The molecule has 0 aromatic heterocycles. The molecule has 0 fully saturated rings. The van der Waals surface area contributed by atoms with Gasteiger partial charge < -0.3 is 0 Å². The number of rotatable bonds is 0. The van der Waals surface area contributed by atoms with Gasteiger partial charge in [-0.15, -0.1) is 0 Å². The molecule has 0 saturated heterocycles. The van der Waals surface area contributed by atoms with E-state index in [1.165, 1.54) is 0 Å². The third-order valence-electron chi connectivity index (χ3n) is 7.49. The summed E-state index contributed by atoms with van der Waals surface area (Å²) in [5, 5.41) is 10.9. The second-order valence-corrected chi connectivity index (χ2v) is 19.3. The molecule has 0 spiro atoms. The van der Waals surface area contributed by atoms with E-state index in [9.17, 15) is 0 Å². The van der Waals surface area contributed by atoms with Crippen LogP contribution in [-0.4, -0.2) is 0 Å². The van der Waals surface area contributed by atoms with Crippen molar-refractivity contribution in [2.24, 2.45) is 0 Å². The monoisotopic (exact) mass is 1360 g/mol. The van der Waals surface area contributed by atoms with Crippen LogP contribution in [0.25, 0.3) is 64.6 Å². The first-order valence-electron chi connectivity index (χ1n) is 16.0. The van der Waals surface area contributed by atoms with Crippen molar-refractivity contribution in [3.63, 3.8) is 0 Å². The lowest BCUT2D eigenvalue weighted by atomic mass is 10.2. The minimum absolute atomic E-state index is 0.905. The summed E-state index contributed by atoms with van der Waals surface area (Å²) >= 11 is 14.0. The molecule has 252 valence electrons. The number of hydrogen-bond donors (Lipinski definition) is 0. The van der Waals surface area contributed by atoms with E-state index in [0.29, 0.717) is 0 Å². The van der Waals surface area contributed by atoms with Crippen LogP contribution in [0.4, 0.5) is 0 Å². The molecule has 7 aromatic carbocycles. The fraction of sp³-hybridized carbons (Fsp3) is 0. The molecule has 0 heterocycles. The van der Waals surface area contributed by atoms with Gasteiger partial charge in [0.05, 0.1) is 0 Å². The fourth-order valence-corrected chi connectivity index (χ4v) is 9.30. The highest BCUT2D eigenvalue weighted by molar-refractivity contribution is 14.1. The fourth-order valence-electron chi connectivity index (χ4n) is 5.27. The quantitative estimate of drug-likeness (QED) is 0.133. The van der Waals surface area contributed by atoms with Crippen molar-refractivity contribution in [2.75, 3.05) is 0 Å². The Labute approximate surface area is 397 Å². The number of benzene rings is 6. The van der Waals surface area contributed by atoms with Crippen LogP contribution in [0.3, 0.4) is 0 Å². The molecular weight excluding hydrogens is 1340 g/mol. The van der Waals surface area contributed by atoms with Gasteiger partial charge in [0.15, 0.2) is 0 Å². The van der Waals surface area contributed by atoms with Crippen LogP contribution in [0.2, 0.25) is 0 Å². The normalized spacial score (nSPS) is 9.89. The minimum atomic E-state index is 0.905. The first kappa shape index (κ1) is 39.3. The lowest BCUT2D eigenvalue weighted by molar-refractivity contribution is 1.72. The zero-order valence-electron chi connectivity index (χ0n) is 27.7. The van der Waals surface area contributed by atoms with Crippen molar-refractivity contribution < 1.29 is 0 Å². The van der Waals surface area contributed by atoms with Gasteiger partial charge in [-0.1, -0.05) is 72.8 Å². The van der Waals surface area contributed by atoms with Crippen LogP contribution in [0.1, 0.15) is 0 Å². The predicted octanol–water partition coefficient (Wildman–Crippen LogP) is 14.9. The van der Waals surface area contributed by atoms with Crippen molar-refractivity contribution >= 4 is 200 Å². The molecule has 7 aromatic rings. The van der Waals surface area contributed by atoms with Crippen molar-refractivity contribution in [3.8, 4) is 0 Å². The molecule has 0 nitrogen and oxygen atoms in total. The van der Waals surface area contributed by atoms with Gasteiger partial charge in [0, 0.05) is 86.1 Å².